The maximum Gasteiger partial charge on any atom is 0.238 e. The van der Waals surface area contributed by atoms with Gasteiger partial charge in [-0.1, -0.05) is 36.4 Å². The fourth-order valence-electron chi connectivity index (χ4n) is 2.64. The predicted octanol–water partition coefficient (Wildman–Crippen LogP) is 2.04. The molecule has 1 aliphatic heterocycles. The molecular weight excluding hydrogens is 320 g/mol. The summed E-state index contributed by atoms with van der Waals surface area (Å²) in [7, 11) is 0. The summed E-state index contributed by atoms with van der Waals surface area (Å²) in [6, 6.07) is 16.1. The van der Waals surface area contributed by atoms with Crippen LogP contribution in [0.4, 0.5) is 0 Å². The molecule has 5 nitrogen and oxygen atoms in total. The molecule has 2 aromatic rings. The first-order chi connectivity index (χ1) is 11.8. The van der Waals surface area contributed by atoms with Gasteiger partial charge < -0.3 is 5.32 Å². The van der Waals surface area contributed by atoms with Gasteiger partial charge in [0.2, 0.25) is 5.91 Å². The van der Waals surface area contributed by atoms with Gasteiger partial charge in [0.15, 0.2) is 0 Å². The number of hydrazine groups is 1. The van der Waals surface area contributed by atoms with Crippen LogP contribution in [-0.2, 0) is 10.5 Å². The number of nitrogens with zero attached hydrogens (tertiary/aromatic N) is 1. The van der Waals surface area contributed by atoms with E-state index in [0.717, 1.165) is 17.2 Å². The Morgan fingerprint density at radius 3 is 2.79 bits per heavy atom. The van der Waals surface area contributed by atoms with E-state index in [1.54, 1.807) is 6.20 Å². The average Bonchev–Trinajstić information content (AvgIpc) is 3.13. The van der Waals surface area contributed by atoms with E-state index < -0.39 is 0 Å². The maximum atomic E-state index is 12.2. The third kappa shape index (κ3) is 4.80. The highest BCUT2D eigenvalue weighted by molar-refractivity contribution is 7.98. The van der Waals surface area contributed by atoms with Crippen molar-refractivity contribution in [3.05, 3.63) is 66.0 Å². The number of nitrogens with one attached hydrogen (secondary N) is 3. The van der Waals surface area contributed by atoms with Crippen molar-refractivity contribution in [1.29, 1.82) is 0 Å². The van der Waals surface area contributed by atoms with Gasteiger partial charge in [-0.15, -0.1) is 0 Å². The molecule has 2 unspecified atom stereocenters. The molecule has 1 saturated heterocycles. The van der Waals surface area contributed by atoms with Crippen molar-refractivity contribution in [2.75, 3.05) is 12.3 Å². The Balaban J connectivity index is 1.34. The number of hydrogen-bond donors (Lipinski definition) is 3. The minimum atomic E-state index is -0.212. The molecule has 0 radical (unpaired) electrons. The summed E-state index contributed by atoms with van der Waals surface area (Å²) < 4.78 is 0. The first kappa shape index (κ1) is 17.0. The summed E-state index contributed by atoms with van der Waals surface area (Å²) in [4.78, 5) is 16.5. The number of carbonyl (C=O) groups is 1. The molecule has 1 aliphatic rings. The van der Waals surface area contributed by atoms with Crippen molar-refractivity contribution in [1.82, 2.24) is 21.2 Å². The van der Waals surface area contributed by atoms with Crippen molar-refractivity contribution in [3.8, 4) is 0 Å². The van der Waals surface area contributed by atoms with Gasteiger partial charge in [-0.05, 0) is 24.1 Å². The van der Waals surface area contributed by atoms with E-state index in [2.05, 4.69) is 45.4 Å². The van der Waals surface area contributed by atoms with E-state index in [1.165, 1.54) is 5.56 Å². The van der Waals surface area contributed by atoms with Crippen molar-refractivity contribution < 1.29 is 4.79 Å². The topological polar surface area (TPSA) is 66.0 Å². The largest absolute Gasteiger partial charge is 0.354 e. The van der Waals surface area contributed by atoms with Gasteiger partial charge in [0.05, 0.1) is 11.7 Å². The van der Waals surface area contributed by atoms with Crippen LogP contribution in [0.15, 0.2) is 54.7 Å². The molecule has 1 aromatic carbocycles. The van der Waals surface area contributed by atoms with Crippen LogP contribution in [0.3, 0.4) is 0 Å². The highest BCUT2D eigenvalue weighted by atomic mass is 32.2. The minimum absolute atomic E-state index is 0.0428. The van der Waals surface area contributed by atoms with Crippen LogP contribution in [0, 0.1) is 0 Å². The summed E-state index contributed by atoms with van der Waals surface area (Å²) >= 11 is 1.83. The molecule has 0 saturated carbocycles. The second-order valence-corrected chi connectivity index (χ2v) is 6.82. The Morgan fingerprint density at radius 1 is 1.17 bits per heavy atom. The number of aromatic nitrogens is 1. The summed E-state index contributed by atoms with van der Waals surface area (Å²) in [5.41, 5.74) is 8.48. The molecule has 3 rings (SSSR count). The SMILES string of the molecule is O=C(NCCSCc1ccccc1)C1CC(c2ccccn2)NN1. The molecule has 0 bridgehead atoms. The zero-order valence-corrected chi connectivity index (χ0v) is 14.3. The van der Waals surface area contributed by atoms with Crippen molar-refractivity contribution in [3.63, 3.8) is 0 Å². The number of hydrogen-bond acceptors (Lipinski definition) is 5. The van der Waals surface area contributed by atoms with E-state index in [0.29, 0.717) is 13.0 Å². The standard InChI is InChI=1S/C18H22N4OS/c23-18(20-10-11-24-13-14-6-2-1-3-7-14)17-12-16(21-22-17)15-8-4-5-9-19-15/h1-9,16-17,21-22H,10-13H2,(H,20,23). The van der Waals surface area contributed by atoms with E-state index in [4.69, 9.17) is 0 Å². The lowest BCUT2D eigenvalue weighted by Crippen LogP contribution is -2.43. The quantitative estimate of drug-likeness (QED) is 0.672. The van der Waals surface area contributed by atoms with Crippen LogP contribution in [0.5, 0.6) is 0 Å². The lowest BCUT2D eigenvalue weighted by Gasteiger charge is -2.10. The summed E-state index contributed by atoms with van der Waals surface area (Å²) in [6.07, 6.45) is 2.48. The van der Waals surface area contributed by atoms with Crippen LogP contribution >= 0.6 is 11.8 Å². The number of amides is 1. The van der Waals surface area contributed by atoms with Gasteiger partial charge in [0.25, 0.3) is 0 Å². The average molecular weight is 342 g/mol. The zero-order valence-electron chi connectivity index (χ0n) is 13.4. The van der Waals surface area contributed by atoms with E-state index in [9.17, 15) is 4.79 Å². The Morgan fingerprint density at radius 2 is 2.00 bits per heavy atom. The van der Waals surface area contributed by atoms with Crippen molar-refractivity contribution in [2.45, 2.75) is 24.3 Å². The van der Waals surface area contributed by atoms with Gasteiger partial charge in [-0.3, -0.25) is 9.78 Å². The molecule has 24 heavy (non-hydrogen) atoms. The monoisotopic (exact) mass is 342 g/mol. The van der Waals surface area contributed by atoms with E-state index in [1.807, 2.05) is 36.0 Å². The second kappa shape index (κ2) is 8.82. The van der Waals surface area contributed by atoms with Crippen LogP contribution < -0.4 is 16.2 Å². The van der Waals surface area contributed by atoms with Gasteiger partial charge >= 0.3 is 0 Å². The predicted molar refractivity (Wildman–Crippen MR) is 97.3 cm³/mol. The zero-order chi connectivity index (χ0) is 16.6. The Hall–Kier alpha value is -1.89. The number of benzene rings is 1. The number of carbonyl (C=O) groups excluding carboxylic acids is 1. The molecule has 0 spiro atoms. The molecule has 2 atom stereocenters. The minimum Gasteiger partial charge on any atom is -0.354 e. The lowest BCUT2D eigenvalue weighted by molar-refractivity contribution is -0.122. The van der Waals surface area contributed by atoms with Gasteiger partial charge in [0.1, 0.15) is 6.04 Å². The maximum absolute atomic E-state index is 12.2. The number of rotatable bonds is 7. The van der Waals surface area contributed by atoms with E-state index >= 15 is 0 Å². The number of pyridine rings is 1. The third-order valence-electron chi connectivity index (χ3n) is 3.92. The summed E-state index contributed by atoms with van der Waals surface area (Å²) in [6.45, 7) is 0.683. The Labute approximate surface area is 146 Å². The van der Waals surface area contributed by atoms with E-state index in [-0.39, 0.29) is 18.0 Å². The molecule has 6 heteroatoms. The van der Waals surface area contributed by atoms with Crippen LogP contribution in [0.1, 0.15) is 23.7 Å². The Bertz CT molecular complexity index is 638. The summed E-state index contributed by atoms with van der Waals surface area (Å²) in [5.74, 6) is 1.92. The first-order valence-corrected chi connectivity index (χ1v) is 9.30. The highest BCUT2D eigenvalue weighted by Crippen LogP contribution is 2.20. The highest BCUT2D eigenvalue weighted by Gasteiger charge is 2.30. The third-order valence-corrected chi connectivity index (χ3v) is 4.95. The lowest BCUT2D eigenvalue weighted by atomic mass is 10.1. The van der Waals surface area contributed by atoms with Crippen molar-refractivity contribution in [2.24, 2.45) is 0 Å². The Kier molecular flexibility index (Phi) is 6.23. The van der Waals surface area contributed by atoms with Crippen LogP contribution in [0.2, 0.25) is 0 Å². The normalized spacial score (nSPS) is 20.0. The smallest absolute Gasteiger partial charge is 0.238 e. The fourth-order valence-corrected chi connectivity index (χ4v) is 3.46. The second-order valence-electron chi connectivity index (χ2n) is 5.71. The molecule has 2 heterocycles. The molecule has 1 amide bonds. The molecule has 126 valence electrons. The molecular formula is C18H22N4OS. The van der Waals surface area contributed by atoms with Gasteiger partial charge in [-0.25, -0.2) is 10.9 Å². The fraction of sp³-hybridized carbons (Fsp3) is 0.333. The molecule has 0 aliphatic carbocycles. The van der Waals surface area contributed by atoms with Gasteiger partial charge in [0, 0.05) is 24.2 Å². The van der Waals surface area contributed by atoms with Crippen molar-refractivity contribution >= 4 is 17.7 Å². The first-order valence-electron chi connectivity index (χ1n) is 8.14. The molecule has 1 fully saturated rings. The molecule has 3 N–H and O–H groups in total. The van der Waals surface area contributed by atoms with Gasteiger partial charge in [-0.2, -0.15) is 11.8 Å². The summed E-state index contributed by atoms with van der Waals surface area (Å²) in [5, 5.41) is 3.00. The number of thioether (sulfide) groups is 1. The van der Waals surface area contributed by atoms with Crippen LogP contribution in [0.25, 0.3) is 0 Å². The van der Waals surface area contributed by atoms with Crippen LogP contribution in [-0.4, -0.2) is 29.2 Å². The molecule has 1 aromatic heterocycles.